The van der Waals surface area contributed by atoms with Crippen LogP contribution in [-0.4, -0.2) is 20.7 Å². The van der Waals surface area contributed by atoms with E-state index in [0.717, 1.165) is 0 Å². The van der Waals surface area contributed by atoms with Crippen LogP contribution in [0.1, 0.15) is 30.0 Å². The van der Waals surface area contributed by atoms with Crippen LogP contribution < -0.4 is 10.5 Å². The highest BCUT2D eigenvalue weighted by Crippen LogP contribution is 2.34. The van der Waals surface area contributed by atoms with Crippen LogP contribution in [0.5, 0.6) is 5.75 Å². The van der Waals surface area contributed by atoms with Crippen molar-refractivity contribution in [2.75, 3.05) is 0 Å². The zero-order chi connectivity index (χ0) is 20.6. The highest BCUT2D eigenvalue weighted by atomic mass is 79.9. The molecule has 3 rings (SSSR count). The summed E-state index contributed by atoms with van der Waals surface area (Å²) in [5.41, 5.74) is 5.32. The molecular weight excluding hydrogens is 451 g/mol. The molecule has 6 nitrogen and oxygen atoms in total. The van der Waals surface area contributed by atoms with Gasteiger partial charge in [0.2, 0.25) is 5.91 Å². The van der Waals surface area contributed by atoms with Gasteiger partial charge in [-0.3, -0.25) is 4.79 Å². The van der Waals surface area contributed by atoms with Gasteiger partial charge in [0.1, 0.15) is 11.6 Å². The Labute approximate surface area is 174 Å². The number of carbonyl (C=O) groups is 1. The maximum absolute atomic E-state index is 13.3. The molecule has 1 amide bonds. The first kappa shape index (κ1) is 20.3. The van der Waals surface area contributed by atoms with Gasteiger partial charge in [-0.1, -0.05) is 11.6 Å². The smallest absolute Gasteiger partial charge is 0.248 e. The van der Waals surface area contributed by atoms with Crippen molar-refractivity contribution in [2.45, 2.75) is 19.4 Å². The maximum atomic E-state index is 13.3. The number of aromatic nitrogens is 3. The number of rotatable bonds is 5. The number of nitrogens with two attached hydrogens (primary N) is 1. The summed E-state index contributed by atoms with van der Waals surface area (Å²) in [6.45, 7) is 3.66. The third-order valence-corrected chi connectivity index (χ3v) is 5.10. The molecule has 3 aromatic rings. The average Bonchev–Trinajstić information content (AvgIpc) is 2.99. The van der Waals surface area contributed by atoms with Gasteiger partial charge in [0.05, 0.1) is 9.50 Å². The lowest BCUT2D eigenvalue weighted by molar-refractivity contribution is 0.0938. The van der Waals surface area contributed by atoms with Crippen molar-refractivity contribution in [3.63, 3.8) is 0 Å². The van der Waals surface area contributed by atoms with E-state index in [2.05, 4.69) is 26.1 Å². The molecule has 146 valence electrons. The maximum Gasteiger partial charge on any atom is 0.248 e. The largest absolute Gasteiger partial charge is 0.479 e. The van der Waals surface area contributed by atoms with Crippen molar-refractivity contribution in [3.8, 4) is 17.1 Å². The minimum absolute atomic E-state index is 0.306. The Morgan fingerprint density at radius 1 is 1.25 bits per heavy atom. The van der Waals surface area contributed by atoms with Gasteiger partial charge in [-0.25, -0.2) is 4.39 Å². The van der Waals surface area contributed by atoms with Gasteiger partial charge >= 0.3 is 0 Å². The number of ether oxygens (including phenoxy) is 1. The van der Waals surface area contributed by atoms with Crippen LogP contribution in [0.4, 0.5) is 4.39 Å². The number of carbonyl (C=O) groups excluding carboxylic acids is 1. The number of amides is 1. The van der Waals surface area contributed by atoms with Gasteiger partial charge in [-0.05, 0) is 66.2 Å². The van der Waals surface area contributed by atoms with Crippen molar-refractivity contribution >= 4 is 33.4 Å². The summed E-state index contributed by atoms with van der Waals surface area (Å²) in [6.07, 6.45) is 0. The summed E-state index contributed by atoms with van der Waals surface area (Å²) in [7, 11) is 1.79. The number of hydrogen-bond acceptors (Lipinski definition) is 4. The summed E-state index contributed by atoms with van der Waals surface area (Å²) in [5.74, 6) is 0.581. The molecule has 0 aliphatic heterocycles. The Bertz CT molecular complexity index is 1070. The van der Waals surface area contributed by atoms with Crippen LogP contribution in [0.2, 0.25) is 5.02 Å². The Morgan fingerprint density at radius 3 is 2.57 bits per heavy atom. The molecule has 0 aliphatic rings. The highest BCUT2D eigenvalue weighted by Gasteiger charge is 2.31. The standard InChI is InChI=1S/C19H17BrClFN4O2/c1-19(2,28-15-7-5-11(22)9-13(15)20)18-25-24-17(26(18)3)12-6-4-10(16(23)27)8-14(12)21/h4-9H,1-3H3,(H2,23,27). The molecule has 0 fully saturated rings. The van der Waals surface area contributed by atoms with Crippen molar-refractivity contribution < 1.29 is 13.9 Å². The van der Waals surface area contributed by atoms with E-state index in [-0.39, 0.29) is 5.82 Å². The molecule has 0 atom stereocenters. The van der Waals surface area contributed by atoms with Crippen LogP contribution in [-0.2, 0) is 12.6 Å². The lowest BCUT2D eigenvalue weighted by Crippen LogP contribution is -2.29. The van der Waals surface area contributed by atoms with Gasteiger partial charge in [-0.15, -0.1) is 10.2 Å². The first-order valence-corrected chi connectivity index (χ1v) is 9.41. The Hall–Kier alpha value is -2.45. The second-order valence-corrected chi connectivity index (χ2v) is 7.91. The van der Waals surface area contributed by atoms with Crippen molar-refractivity contribution in [1.82, 2.24) is 14.8 Å². The Balaban J connectivity index is 1.97. The number of nitrogens with zero attached hydrogens (tertiary/aromatic N) is 3. The van der Waals surface area contributed by atoms with E-state index in [1.807, 2.05) is 13.8 Å². The molecule has 0 saturated carbocycles. The molecule has 28 heavy (non-hydrogen) atoms. The Morgan fingerprint density at radius 2 is 1.96 bits per heavy atom. The minimum atomic E-state index is -0.875. The van der Waals surface area contributed by atoms with E-state index >= 15 is 0 Å². The summed E-state index contributed by atoms with van der Waals surface area (Å²) in [5, 5.41) is 8.81. The summed E-state index contributed by atoms with van der Waals surface area (Å²) >= 11 is 9.60. The highest BCUT2D eigenvalue weighted by molar-refractivity contribution is 9.10. The number of halogens is 3. The monoisotopic (exact) mass is 466 g/mol. The predicted molar refractivity (Wildman–Crippen MR) is 108 cm³/mol. The number of benzene rings is 2. The second-order valence-electron chi connectivity index (χ2n) is 6.65. The second kappa shape index (κ2) is 7.52. The molecule has 0 radical (unpaired) electrons. The summed E-state index contributed by atoms with van der Waals surface area (Å²) in [4.78, 5) is 11.3. The topological polar surface area (TPSA) is 83.0 Å². The van der Waals surface area contributed by atoms with E-state index in [1.54, 1.807) is 23.7 Å². The quantitative estimate of drug-likeness (QED) is 0.601. The van der Waals surface area contributed by atoms with E-state index in [4.69, 9.17) is 22.1 Å². The lowest BCUT2D eigenvalue weighted by Gasteiger charge is -2.26. The molecule has 0 aliphatic carbocycles. The number of hydrogen-bond donors (Lipinski definition) is 1. The van der Waals surface area contributed by atoms with Crippen LogP contribution in [0.3, 0.4) is 0 Å². The molecule has 0 unspecified atom stereocenters. The molecule has 1 heterocycles. The van der Waals surface area contributed by atoms with E-state index < -0.39 is 11.5 Å². The van der Waals surface area contributed by atoms with Crippen LogP contribution in [0.25, 0.3) is 11.4 Å². The first-order chi connectivity index (χ1) is 13.1. The zero-order valence-electron chi connectivity index (χ0n) is 15.3. The molecule has 2 aromatic carbocycles. The third-order valence-electron chi connectivity index (χ3n) is 4.17. The van der Waals surface area contributed by atoms with Gasteiger partial charge < -0.3 is 15.0 Å². The SMILES string of the molecule is Cn1c(-c2ccc(C(N)=O)cc2Cl)nnc1C(C)(C)Oc1ccc(F)cc1Br. The third kappa shape index (κ3) is 3.88. The van der Waals surface area contributed by atoms with Crippen molar-refractivity contribution in [2.24, 2.45) is 12.8 Å². The first-order valence-electron chi connectivity index (χ1n) is 8.24. The van der Waals surface area contributed by atoms with E-state index in [0.29, 0.717) is 38.0 Å². The van der Waals surface area contributed by atoms with Gasteiger partial charge in [0.15, 0.2) is 17.2 Å². The molecule has 0 spiro atoms. The van der Waals surface area contributed by atoms with Gasteiger partial charge in [0.25, 0.3) is 0 Å². The fourth-order valence-corrected chi connectivity index (χ4v) is 3.51. The fourth-order valence-electron chi connectivity index (χ4n) is 2.82. The minimum Gasteiger partial charge on any atom is -0.479 e. The van der Waals surface area contributed by atoms with E-state index in [9.17, 15) is 9.18 Å². The normalized spacial score (nSPS) is 11.5. The number of primary amides is 1. The van der Waals surface area contributed by atoms with E-state index in [1.165, 1.54) is 24.3 Å². The molecule has 0 bridgehead atoms. The Kier molecular flexibility index (Phi) is 5.45. The van der Waals surface area contributed by atoms with Crippen LogP contribution in [0.15, 0.2) is 40.9 Å². The van der Waals surface area contributed by atoms with Crippen molar-refractivity contribution in [3.05, 3.63) is 63.1 Å². The fraction of sp³-hybridized carbons (Fsp3) is 0.211. The molecule has 2 N–H and O–H groups in total. The average molecular weight is 468 g/mol. The van der Waals surface area contributed by atoms with Gasteiger partial charge in [-0.2, -0.15) is 0 Å². The summed E-state index contributed by atoms with van der Waals surface area (Å²) in [6, 6.07) is 8.92. The lowest BCUT2D eigenvalue weighted by atomic mass is 10.1. The van der Waals surface area contributed by atoms with Crippen LogP contribution >= 0.6 is 27.5 Å². The molecule has 9 heteroatoms. The molecule has 1 aromatic heterocycles. The molecule has 0 saturated heterocycles. The predicted octanol–water partition coefficient (Wildman–Crippen LogP) is 4.45. The zero-order valence-corrected chi connectivity index (χ0v) is 17.7. The summed E-state index contributed by atoms with van der Waals surface area (Å²) < 4.78 is 21.6. The van der Waals surface area contributed by atoms with Gasteiger partial charge in [0, 0.05) is 18.2 Å². The van der Waals surface area contributed by atoms with Crippen molar-refractivity contribution in [1.29, 1.82) is 0 Å². The van der Waals surface area contributed by atoms with Crippen LogP contribution in [0, 0.1) is 5.82 Å². The molecular formula is C19H17BrClFN4O2.